The lowest BCUT2D eigenvalue weighted by atomic mass is 10.1. The number of pyridine rings is 1. The van der Waals surface area contributed by atoms with Gasteiger partial charge in [0.15, 0.2) is 0 Å². The van der Waals surface area contributed by atoms with E-state index in [4.69, 9.17) is 11.6 Å². The highest BCUT2D eigenvalue weighted by Gasteiger charge is 2.18. The molecule has 0 amide bonds. The normalized spacial score (nSPS) is 12.6. The Kier molecular flexibility index (Phi) is 4.28. The zero-order valence-corrected chi connectivity index (χ0v) is 11.1. The number of rotatable bonds is 4. The Balaban J connectivity index is 3.09. The molecule has 0 N–H and O–H groups in total. The summed E-state index contributed by atoms with van der Waals surface area (Å²) >= 11 is 5.78. The van der Waals surface area contributed by atoms with E-state index in [0.717, 1.165) is 0 Å². The van der Waals surface area contributed by atoms with Crippen LogP contribution < -0.4 is 4.90 Å². The molecule has 1 heterocycles. The largest absolute Gasteiger partial charge is 0.356 e. The van der Waals surface area contributed by atoms with Gasteiger partial charge < -0.3 is 4.90 Å². The van der Waals surface area contributed by atoms with E-state index in [0.29, 0.717) is 11.7 Å². The molecule has 0 aliphatic rings. The molecule has 0 aliphatic carbocycles. The van der Waals surface area contributed by atoms with Gasteiger partial charge in [-0.15, -0.1) is 0 Å². The fraction of sp³-hybridized carbons (Fsp3) is 0.545. The van der Waals surface area contributed by atoms with Gasteiger partial charge in [0.1, 0.15) is 11.0 Å². The fourth-order valence-corrected chi connectivity index (χ4v) is 1.61. The summed E-state index contributed by atoms with van der Waals surface area (Å²) in [6.45, 7) is 6.21. The molecule has 1 aromatic heterocycles. The standard InChI is InChI=1S/C11H16ClN3O2/c1-7(2)8(3)14(4)11-6-9(15(16)17)5-10(12)13-11/h5-8H,1-4H3. The fourth-order valence-electron chi connectivity index (χ4n) is 1.41. The zero-order chi connectivity index (χ0) is 13.2. The van der Waals surface area contributed by atoms with E-state index in [1.54, 1.807) is 0 Å². The van der Waals surface area contributed by atoms with Crippen molar-refractivity contribution in [3.05, 3.63) is 27.4 Å². The average Bonchev–Trinajstić information content (AvgIpc) is 2.25. The third-order valence-corrected chi connectivity index (χ3v) is 3.11. The number of hydrogen-bond donors (Lipinski definition) is 0. The molecule has 0 radical (unpaired) electrons. The van der Waals surface area contributed by atoms with Crippen LogP contribution in [0.25, 0.3) is 0 Å². The second-order valence-electron chi connectivity index (χ2n) is 4.36. The molecule has 0 aromatic carbocycles. The minimum Gasteiger partial charge on any atom is -0.356 e. The molecule has 1 atom stereocenters. The summed E-state index contributed by atoms with van der Waals surface area (Å²) in [7, 11) is 1.85. The third kappa shape index (κ3) is 3.30. The maximum Gasteiger partial charge on any atom is 0.276 e. The topological polar surface area (TPSA) is 59.3 Å². The van der Waals surface area contributed by atoms with Crippen molar-refractivity contribution in [3.63, 3.8) is 0 Å². The van der Waals surface area contributed by atoms with Crippen molar-refractivity contribution in [1.82, 2.24) is 4.98 Å². The monoisotopic (exact) mass is 257 g/mol. The zero-order valence-electron chi connectivity index (χ0n) is 10.3. The molecule has 0 saturated heterocycles. The molecule has 6 heteroatoms. The first-order valence-electron chi connectivity index (χ1n) is 5.37. The lowest BCUT2D eigenvalue weighted by Crippen LogP contribution is -2.33. The molecule has 94 valence electrons. The van der Waals surface area contributed by atoms with Crippen LogP contribution in [-0.4, -0.2) is 23.0 Å². The van der Waals surface area contributed by atoms with Crippen LogP contribution in [0, 0.1) is 16.0 Å². The van der Waals surface area contributed by atoms with E-state index in [1.807, 2.05) is 18.9 Å². The Morgan fingerprint density at radius 3 is 2.47 bits per heavy atom. The molecule has 1 rings (SSSR count). The smallest absolute Gasteiger partial charge is 0.276 e. The van der Waals surface area contributed by atoms with Crippen LogP contribution in [0.5, 0.6) is 0 Å². The highest BCUT2D eigenvalue weighted by molar-refractivity contribution is 6.29. The summed E-state index contributed by atoms with van der Waals surface area (Å²) < 4.78 is 0. The molecule has 0 fully saturated rings. The number of nitrogens with zero attached hydrogens (tertiary/aromatic N) is 3. The lowest BCUT2D eigenvalue weighted by Gasteiger charge is -2.28. The van der Waals surface area contributed by atoms with Crippen LogP contribution in [0.4, 0.5) is 11.5 Å². The van der Waals surface area contributed by atoms with Crippen LogP contribution in [0.2, 0.25) is 5.15 Å². The first-order chi connectivity index (χ1) is 7.82. The predicted molar refractivity (Wildman–Crippen MR) is 68.6 cm³/mol. The van der Waals surface area contributed by atoms with Gasteiger partial charge in [-0.05, 0) is 12.8 Å². The maximum atomic E-state index is 10.7. The number of aromatic nitrogens is 1. The minimum absolute atomic E-state index is 0.0391. The van der Waals surface area contributed by atoms with Gasteiger partial charge in [0, 0.05) is 13.1 Å². The highest BCUT2D eigenvalue weighted by atomic mass is 35.5. The van der Waals surface area contributed by atoms with E-state index in [9.17, 15) is 10.1 Å². The van der Waals surface area contributed by atoms with Crippen LogP contribution in [0.3, 0.4) is 0 Å². The summed E-state index contributed by atoms with van der Waals surface area (Å²) in [6.07, 6.45) is 0. The Morgan fingerprint density at radius 1 is 1.41 bits per heavy atom. The van der Waals surface area contributed by atoms with Gasteiger partial charge in [-0.3, -0.25) is 10.1 Å². The van der Waals surface area contributed by atoms with Crippen LogP contribution in [0.15, 0.2) is 12.1 Å². The molecule has 0 aliphatic heterocycles. The average molecular weight is 258 g/mol. The van der Waals surface area contributed by atoms with Gasteiger partial charge in [0.05, 0.1) is 17.1 Å². The maximum absolute atomic E-state index is 10.7. The molecular formula is C11H16ClN3O2. The van der Waals surface area contributed by atoms with E-state index in [2.05, 4.69) is 18.8 Å². The number of hydrogen-bond acceptors (Lipinski definition) is 4. The van der Waals surface area contributed by atoms with Crippen molar-refractivity contribution in [2.45, 2.75) is 26.8 Å². The third-order valence-electron chi connectivity index (χ3n) is 2.91. The van der Waals surface area contributed by atoms with E-state index >= 15 is 0 Å². The van der Waals surface area contributed by atoms with Crippen LogP contribution >= 0.6 is 11.6 Å². The summed E-state index contributed by atoms with van der Waals surface area (Å²) in [5, 5.41) is 10.9. The van der Waals surface area contributed by atoms with E-state index < -0.39 is 4.92 Å². The molecule has 0 saturated carbocycles. The molecule has 0 spiro atoms. The minimum atomic E-state index is -0.467. The van der Waals surface area contributed by atoms with Gasteiger partial charge in [-0.25, -0.2) is 4.98 Å². The Labute approximate surface area is 106 Å². The van der Waals surface area contributed by atoms with Crippen molar-refractivity contribution in [2.24, 2.45) is 5.92 Å². The molecule has 17 heavy (non-hydrogen) atoms. The van der Waals surface area contributed by atoms with Gasteiger partial charge in [0.25, 0.3) is 5.69 Å². The van der Waals surface area contributed by atoms with Crippen molar-refractivity contribution >= 4 is 23.1 Å². The van der Waals surface area contributed by atoms with Crippen molar-refractivity contribution < 1.29 is 4.92 Å². The van der Waals surface area contributed by atoms with Gasteiger partial charge in [-0.1, -0.05) is 25.4 Å². The quantitative estimate of drug-likeness (QED) is 0.472. The number of nitro groups is 1. The second kappa shape index (κ2) is 5.31. The first-order valence-corrected chi connectivity index (χ1v) is 5.75. The second-order valence-corrected chi connectivity index (χ2v) is 4.75. The SMILES string of the molecule is CC(C)C(C)N(C)c1cc([N+](=O)[O-])cc(Cl)n1. The summed E-state index contributed by atoms with van der Waals surface area (Å²) in [5.74, 6) is 0.935. The summed E-state index contributed by atoms with van der Waals surface area (Å²) in [4.78, 5) is 16.3. The number of halogens is 1. The van der Waals surface area contributed by atoms with Crippen LogP contribution in [-0.2, 0) is 0 Å². The molecule has 5 nitrogen and oxygen atoms in total. The summed E-state index contributed by atoms with van der Waals surface area (Å²) in [5.41, 5.74) is -0.0391. The molecule has 0 bridgehead atoms. The van der Waals surface area contributed by atoms with E-state index in [-0.39, 0.29) is 16.9 Å². The molecule has 1 aromatic rings. The van der Waals surface area contributed by atoms with Gasteiger partial charge in [-0.2, -0.15) is 0 Å². The number of anilines is 1. The Hall–Kier alpha value is -1.36. The van der Waals surface area contributed by atoms with Gasteiger partial charge in [0.2, 0.25) is 0 Å². The first kappa shape index (κ1) is 13.7. The predicted octanol–water partition coefficient (Wildman–Crippen LogP) is 3.12. The van der Waals surface area contributed by atoms with Crippen molar-refractivity contribution in [2.75, 3.05) is 11.9 Å². The molecular weight excluding hydrogens is 242 g/mol. The molecule has 1 unspecified atom stereocenters. The van der Waals surface area contributed by atoms with Crippen LogP contribution in [0.1, 0.15) is 20.8 Å². The van der Waals surface area contributed by atoms with Gasteiger partial charge >= 0.3 is 0 Å². The lowest BCUT2D eigenvalue weighted by molar-refractivity contribution is -0.384. The Morgan fingerprint density at radius 2 is 2.00 bits per heavy atom. The van der Waals surface area contributed by atoms with Crippen molar-refractivity contribution in [3.8, 4) is 0 Å². The van der Waals surface area contributed by atoms with E-state index in [1.165, 1.54) is 12.1 Å². The Bertz CT molecular complexity index is 423. The van der Waals surface area contributed by atoms with Crippen molar-refractivity contribution in [1.29, 1.82) is 0 Å². The summed E-state index contributed by atoms with van der Waals surface area (Å²) in [6, 6.07) is 2.91. The highest BCUT2D eigenvalue weighted by Crippen LogP contribution is 2.24.